The molecule has 0 N–H and O–H groups in total. The molecule has 0 saturated heterocycles. The molecule has 1 aromatic heterocycles. The van der Waals surface area contributed by atoms with E-state index in [1.54, 1.807) is 5.38 Å². The normalized spacial score (nSPS) is 11.3. The molecule has 0 spiro atoms. The third-order valence-electron chi connectivity index (χ3n) is 3.90. The van der Waals surface area contributed by atoms with Crippen LogP contribution in [0.2, 0.25) is 0 Å². The number of nitrogens with zero attached hydrogens (tertiary/aromatic N) is 1. The Kier molecular flexibility index (Phi) is 7.11. The van der Waals surface area contributed by atoms with Crippen LogP contribution in [-0.4, -0.2) is 25.1 Å². The smallest absolute Gasteiger partial charge is 0.307 e. The Morgan fingerprint density at radius 3 is 2.27 bits per heavy atom. The van der Waals surface area contributed by atoms with Gasteiger partial charge < -0.3 is 9.47 Å². The Morgan fingerprint density at radius 2 is 1.60 bits per heavy atom. The standard InChI is InChI=1S/C20H17F2NO5S2/c21-14-1-5-17(6-2-14)27-12-19-23-16(13-29-19)11-28-20(24)9-10-30(25,26)18-7-3-15(22)4-8-18/h1-8,13H,9-12H2. The summed E-state index contributed by atoms with van der Waals surface area (Å²) in [5, 5.41) is 2.34. The molecule has 2 aromatic carbocycles. The zero-order chi connectivity index (χ0) is 21.6. The highest BCUT2D eigenvalue weighted by Gasteiger charge is 2.17. The predicted molar refractivity (Wildman–Crippen MR) is 106 cm³/mol. The number of rotatable bonds is 9. The fourth-order valence-corrected chi connectivity index (χ4v) is 4.27. The van der Waals surface area contributed by atoms with Crippen LogP contribution >= 0.6 is 11.3 Å². The van der Waals surface area contributed by atoms with Crippen molar-refractivity contribution in [2.75, 3.05) is 5.75 Å². The third-order valence-corrected chi connectivity index (χ3v) is 6.51. The minimum atomic E-state index is -3.71. The molecule has 0 radical (unpaired) electrons. The minimum Gasteiger partial charge on any atom is -0.486 e. The van der Waals surface area contributed by atoms with E-state index in [4.69, 9.17) is 9.47 Å². The SMILES string of the molecule is O=C(CCS(=O)(=O)c1ccc(F)cc1)OCc1csc(COc2ccc(F)cc2)n1. The molecule has 0 bridgehead atoms. The molecule has 0 fully saturated rings. The lowest BCUT2D eigenvalue weighted by molar-refractivity contribution is -0.144. The zero-order valence-electron chi connectivity index (χ0n) is 15.6. The van der Waals surface area contributed by atoms with E-state index >= 15 is 0 Å². The summed E-state index contributed by atoms with van der Waals surface area (Å²) >= 11 is 1.31. The molecule has 0 amide bonds. The lowest BCUT2D eigenvalue weighted by Gasteiger charge is -2.05. The van der Waals surface area contributed by atoms with Gasteiger partial charge in [0.15, 0.2) is 9.84 Å². The van der Waals surface area contributed by atoms with E-state index < -0.39 is 27.4 Å². The van der Waals surface area contributed by atoms with Crippen LogP contribution in [0.15, 0.2) is 58.8 Å². The van der Waals surface area contributed by atoms with Gasteiger partial charge >= 0.3 is 5.97 Å². The van der Waals surface area contributed by atoms with Gasteiger partial charge in [-0.1, -0.05) is 0 Å². The van der Waals surface area contributed by atoms with Gasteiger partial charge in [0.2, 0.25) is 0 Å². The minimum absolute atomic E-state index is 0.0537. The summed E-state index contributed by atoms with van der Waals surface area (Å²) in [7, 11) is -3.71. The summed E-state index contributed by atoms with van der Waals surface area (Å²) < 4.78 is 60.7. The number of benzene rings is 2. The molecule has 0 atom stereocenters. The number of carbonyl (C=O) groups excluding carboxylic acids is 1. The maximum atomic E-state index is 12.9. The van der Waals surface area contributed by atoms with Gasteiger partial charge in [0.25, 0.3) is 0 Å². The van der Waals surface area contributed by atoms with Crippen molar-refractivity contribution in [1.82, 2.24) is 4.98 Å². The molecular weight excluding hydrogens is 436 g/mol. The van der Waals surface area contributed by atoms with Crippen molar-refractivity contribution in [3.8, 4) is 5.75 Å². The molecule has 3 rings (SSSR count). The summed E-state index contributed by atoms with van der Waals surface area (Å²) in [6.07, 6.45) is -0.329. The molecule has 0 aliphatic heterocycles. The van der Waals surface area contributed by atoms with Crippen molar-refractivity contribution < 1.29 is 31.5 Å². The van der Waals surface area contributed by atoms with Crippen molar-refractivity contribution >= 4 is 27.1 Å². The summed E-state index contributed by atoms with van der Waals surface area (Å²) in [6, 6.07) is 9.99. The molecule has 0 saturated carbocycles. The Balaban J connectivity index is 1.43. The van der Waals surface area contributed by atoms with Crippen LogP contribution in [0.1, 0.15) is 17.1 Å². The van der Waals surface area contributed by atoms with Crippen LogP contribution in [0, 0.1) is 11.6 Å². The number of hydrogen-bond donors (Lipinski definition) is 0. The van der Waals surface area contributed by atoms with Crippen molar-refractivity contribution in [2.45, 2.75) is 24.5 Å². The highest BCUT2D eigenvalue weighted by molar-refractivity contribution is 7.91. The predicted octanol–water partition coefficient (Wildman–Crippen LogP) is 3.91. The van der Waals surface area contributed by atoms with Crippen molar-refractivity contribution in [3.63, 3.8) is 0 Å². The van der Waals surface area contributed by atoms with Gasteiger partial charge in [0.05, 0.1) is 22.8 Å². The zero-order valence-corrected chi connectivity index (χ0v) is 17.2. The van der Waals surface area contributed by atoms with Gasteiger partial charge in [-0.05, 0) is 48.5 Å². The monoisotopic (exact) mass is 453 g/mol. The first-order valence-corrected chi connectivity index (χ1v) is 11.3. The van der Waals surface area contributed by atoms with Gasteiger partial charge in [0, 0.05) is 5.38 Å². The van der Waals surface area contributed by atoms with Crippen LogP contribution in [0.5, 0.6) is 5.75 Å². The van der Waals surface area contributed by atoms with Crippen molar-refractivity contribution in [1.29, 1.82) is 0 Å². The average Bonchev–Trinajstić information content (AvgIpc) is 3.19. The number of thiazole rings is 1. The molecule has 0 aliphatic rings. The van der Waals surface area contributed by atoms with E-state index in [1.807, 2.05) is 0 Å². The Labute approximate surface area is 176 Å². The van der Waals surface area contributed by atoms with E-state index in [0.717, 1.165) is 24.3 Å². The quantitative estimate of drug-likeness (QED) is 0.361. The van der Waals surface area contributed by atoms with Gasteiger partial charge in [-0.2, -0.15) is 0 Å². The van der Waals surface area contributed by atoms with Gasteiger partial charge in [-0.15, -0.1) is 11.3 Å². The summed E-state index contributed by atoms with van der Waals surface area (Å²) in [5.74, 6) is -1.52. The molecule has 10 heteroatoms. The van der Waals surface area contributed by atoms with Gasteiger partial charge in [-0.25, -0.2) is 22.2 Å². The van der Waals surface area contributed by atoms with E-state index in [-0.39, 0.29) is 30.3 Å². The highest BCUT2D eigenvalue weighted by Crippen LogP contribution is 2.17. The fourth-order valence-electron chi connectivity index (χ4n) is 2.36. The van der Waals surface area contributed by atoms with Gasteiger partial charge in [-0.3, -0.25) is 4.79 Å². The highest BCUT2D eigenvalue weighted by atomic mass is 32.2. The van der Waals surface area contributed by atoms with Gasteiger partial charge in [0.1, 0.15) is 35.6 Å². The van der Waals surface area contributed by atoms with Crippen LogP contribution in [-0.2, 0) is 32.6 Å². The van der Waals surface area contributed by atoms with E-state index in [2.05, 4.69) is 4.98 Å². The first-order valence-electron chi connectivity index (χ1n) is 8.77. The summed E-state index contributed by atoms with van der Waals surface area (Å²) in [4.78, 5) is 16.1. The number of sulfone groups is 1. The van der Waals surface area contributed by atoms with E-state index in [1.165, 1.54) is 35.6 Å². The molecule has 158 valence electrons. The van der Waals surface area contributed by atoms with Crippen LogP contribution < -0.4 is 4.74 Å². The molecule has 6 nitrogen and oxygen atoms in total. The molecule has 0 aliphatic carbocycles. The van der Waals surface area contributed by atoms with Crippen LogP contribution in [0.4, 0.5) is 8.78 Å². The second kappa shape index (κ2) is 9.77. The average molecular weight is 453 g/mol. The number of halogens is 2. The number of aromatic nitrogens is 1. The maximum absolute atomic E-state index is 12.9. The van der Waals surface area contributed by atoms with Crippen LogP contribution in [0.25, 0.3) is 0 Å². The maximum Gasteiger partial charge on any atom is 0.307 e. The number of esters is 1. The second-order valence-corrected chi connectivity index (χ2v) is 9.21. The lowest BCUT2D eigenvalue weighted by Crippen LogP contribution is -2.13. The van der Waals surface area contributed by atoms with E-state index in [0.29, 0.717) is 16.5 Å². The largest absolute Gasteiger partial charge is 0.486 e. The number of ether oxygens (including phenoxy) is 2. The molecule has 1 heterocycles. The topological polar surface area (TPSA) is 82.6 Å². The Morgan fingerprint density at radius 1 is 0.967 bits per heavy atom. The number of carbonyl (C=O) groups is 1. The van der Waals surface area contributed by atoms with Crippen molar-refractivity contribution in [3.05, 3.63) is 76.2 Å². The molecule has 30 heavy (non-hydrogen) atoms. The first-order chi connectivity index (χ1) is 14.3. The second-order valence-electron chi connectivity index (χ2n) is 6.16. The third kappa shape index (κ3) is 6.33. The molecule has 3 aromatic rings. The van der Waals surface area contributed by atoms with Crippen LogP contribution in [0.3, 0.4) is 0 Å². The fraction of sp³-hybridized carbons (Fsp3) is 0.200. The molecule has 0 unspecified atom stereocenters. The summed E-state index contributed by atoms with van der Waals surface area (Å²) in [5.41, 5.74) is 0.507. The lowest BCUT2D eigenvalue weighted by atomic mass is 10.3. The Hall–Kier alpha value is -2.85. The molecular formula is C20H17F2NO5S2. The number of hydrogen-bond acceptors (Lipinski definition) is 7. The first kappa shape index (κ1) is 21.8. The van der Waals surface area contributed by atoms with E-state index in [9.17, 15) is 22.0 Å². The Bertz CT molecular complexity index is 1100. The summed E-state index contributed by atoms with van der Waals surface area (Å²) in [6.45, 7) is 0.0859. The van der Waals surface area contributed by atoms with Crippen molar-refractivity contribution in [2.24, 2.45) is 0 Å².